The molecule has 0 aliphatic heterocycles. The molecule has 9 nitrogen and oxygen atoms in total. The van der Waals surface area contributed by atoms with Gasteiger partial charge in [0.15, 0.2) is 0 Å². The Kier molecular flexibility index (Phi) is 7.18. The third-order valence-electron chi connectivity index (χ3n) is 4.16. The Bertz CT molecular complexity index is 1040. The van der Waals surface area contributed by atoms with E-state index in [0.29, 0.717) is 0 Å². The van der Waals surface area contributed by atoms with Gasteiger partial charge in [0.25, 0.3) is 15.8 Å². The van der Waals surface area contributed by atoms with Gasteiger partial charge in [0.1, 0.15) is 5.75 Å². The molecule has 0 heterocycles. The Morgan fingerprint density at radius 2 is 1.83 bits per heavy atom. The maximum Gasteiger partial charge on any atom is 0.376 e. The predicted molar refractivity (Wildman–Crippen MR) is 107 cm³/mol. The van der Waals surface area contributed by atoms with E-state index in [1.54, 1.807) is 19.1 Å². The minimum atomic E-state index is -4.04. The molecule has 11 heteroatoms. The van der Waals surface area contributed by atoms with E-state index < -0.39 is 28.6 Å². The van der Waals surface area contributed by atoms with Gasteiger partial charge in [0, 0.05) is 23.6 Å². The average molecular weight is 443 g/mol. The van der Waals surface area contributed by atoms with Crippen LogP contribution in [-0.4, -0.2) is 31.0 Å². The molecular weight excluding hydrogens is 421 g/mol. The summed E-state index contributed by atoms with van der Waals surface area (Å²) < 4.78 is 46.9. The lowest BCUT2D eigenvalue weighted by Gasteiger charge is -2.19. The van der Waals surface area contributed by atoms with Crippen LogP contribution in [0.25, 0.3) is 0 Å². The van der Waals surface area contributed by atoms with Crippen molar-refractivity contribution in [2.75, 3.05) is 12.8 Å². The second-order valence-electron chi connectivity index (χ2n) is 6.48. The molecule has 0 aromatic heterocycles. The fraction of sp³-hybridized carbons (Fsp3) is 0.333. The Labute approximate surface area is 169 Å². The molecule has 2 unspecified atom stereocenters. The maximum absolute atomic E-state index is 12.4. The van der Waals surface area contributed by atoms with Gasteiger partial charge in [-0.15, -0.1) is 0 Å². The van der Waals surface area contributed by atoms with Crippen LogP contribution in [0.1, 0.15) is 30.9 Å². The van der Waals surface area contributed by atoms with Crippen LogP contribution < -0.4 is 4.52 Å². The summed E-state index contributed by atoms with van der Waals surface area (Å²) in [6.07, 6.45) is -0.157. The van der Waals surface area contributed by atoms with Gasteiger partial charge in [-0.05, 0) is 25.1 Å². The van der Waals surface area contributed by atoms with E-state index in [1.807, 2.05) is 6.92 Å². The Hall–Kier alpha value is -2.26. The zero-order valence-electron chi connectivity index (χ0n) is 16.1. The van der Waals surface area contributed by atoms with Gasteiger partial charge in [-0.25, -0.2) is 4.57 Å². The van der Waals surface area contributed by atoms with Gasteiger partial charge in [0.05, 0.1) is 22.6 Å². The van der Waals surface area contributed by atoms with Crippen molar-refractivity contribution in [3.63, 3.8) is 0 Å². The SMILES string of the molecule is CCP(=O)(O)Oc1ccc([N+](=O)[O-])cc1C(C)COS(=O)(=O)c1ccc(C)cc1. The molecule has 1 N–H and O–H groups in total. The van der Waals surface area contributed by atoms with Crippen molar-refractivity contribution in [3.05, 3.63) is 63.7 Å². The number of non-ortho nitro benzene ring substituents is 1. The molecule has 2 rings (SSSR count). The van der Waals surface area contributed by atoms with Gasteiger partial charge in [-0.2, -0.15) is 8.42 Å². The highest BCUT2D eigenvalue weighted by Crippen LogP contribution is 2.45. The Balaban J connectivity index is 2.29. The smallest absolute Gasteiger partial charge is 0.376 e. The van der Waals surface area contributed by atoms with E-state index in [9.17, 15) is 28.0 Å². The molecule has 0 radical (unpaired) electrons. The van der Waals surface area contributed by atoms with E-state index in [-0.39, 0.29) is 34.7 Å². The summed E-state index contributed by atoms with van der Waals surface area (Å²) in [7, 11) is -7.97. The molecule has 2 aromatic rings. The summed E-state index contributed by atoms with van der Waals surface area (Å²) in [5, 5.41) is 11.1. The quantitative estimate of drug-likeness (QED) is 0.266. The lowest BCUT2D eigenvalue weighted by molar-refractivity contribution is -0.384. The van der Waals surface area contributed by atoms with Gasteiger partial charge in [0.2, 0.25) is 0 Å². The third kappa shape index (κ3) is 6.11. The van der Waals surface area contributed by atoms with Crippen LogP contribution >= 0.6 is 7.60 Å². The van der Waals surface area contributed by atoms with E-state index in [4.69, 9.17) is 8.71 Å². The van der Waals surface area contributed by atoms with Crippen LogP contribution in [-0.2, 0) is 18.9 Å². The number of hydrogen-bond donors (Lipinski definition) is 1. The van der Waals surface area contributed by atoms with Gasteiger partial charge >= 0.3 is 7.60 Å². The normalized spacial score (nSPS) is 14.8. The molecule has 2 atom stereocenters. The lowest BCUT2D eigenvalue weighted by atomic mass is 10.0. The summed E-state index contributed by atoms with van der Waals surface area (Å²) in [5.74, 6) is -0.714. The lowest BCUT2D eigenvalue weighted by Crippen LogP contribution is -2.13. The first-order chi connectivity index (χ1) is 13.4. The highest BCUT2D eigenvalue weighted by atomic mass is 32.2. The van der Waals surface area contributed by atoms with Crippen LogP contribution in [0, 0.1) is 17.0 Å². The molecule has 0 amide bonds. The molecular formula is C18H22NO8PS. The minimum absolute atomic E-state index is 0.0170. The van der Waals surface area contributed by atoms with E-state index in [2.05, 4.69) is 0 Å². The van der Waals surface area contributed by atoms with Crippen molar-refractivity contribution < 1.29 is 31.5 Å². The van der Waals surface area contributed by atoms with Crippen LogP contribution in [0.5, 0.6) is 5.75 Å². The van der Waals surface area contributed by atoms with E-state index in [1.165, 1.54) is 31.2 Å². The zero-order valence-corrected chi connectivity index (χ0v) is 17.9. The fourth-order valence-corrected chi connectivity index (χ4v) is 3.98. The van der Waals surface area contributed by atoms with Crippen LogP contribution in [0.2, 0.25) is 0 Å². The molecule has 0 saturated carbocycles. The summed E-state index contributed by atoms with van der Waals surface area (Å²) in [5.41, 5.74) is 0.825. The topological polar surface area (TPSA) is 133 Å². The third-order valence-corrected chi connectivity index (χ3v) is 6.74. The van der Waals surface area contributed by atoms with Crippen LogP contribution in [0.15, 0.2) is 47.4 Å². The highest BCUT2D eigenvalue weighted by molar-refractivity contribution is 7.86. The number of benzene rings is 2. The average Bonchev–Trinajstić information content (AvgIpc) is 2.66. The van der Waals surface area contributed by atoms with Crippen molar-refractivity contribution in [1.29, 1.82) is 0 Å². The maximum atomic E-state index is 12.4. The molecule has 0 fully saturated rings. The van der Waals surface area contributed by atoms with E-state index >= 15 is 0 Å². The first-order valence-corrected chi connectivity index (χ1v) is 11.9. The molecule has 0 saturated heterocycles. The number of nitro benzene ring substituents is 1. The minimum Gasteiger partial charge on any atom is -0.424 e. The van der Waals surface area contributed by atoms with Crippen molar-refractivity contribution in [3.8, 4) is 5.75 Å². The highest BCUT2D eigenvalue weighted by Gasteiger charge is 2.25. The van der Waals surface area contributed by atoms with Crippen LogP contribution in [0.4, 0.5) is 5.69 Å². The number of nitrogens with zero attached hydrogens (tertiary/aromatic N) is 1. The molecule has 0 bridgehead atoms. The molecule has 0 spiro atoms. The largest absolute Gasteiger partial charge is 0.424 e. The van der Waals surface area contributed by atoms with Gasteiger partial charge < -0.3 is 9.42 Å². The molecule has 0 aliphatic carbocycles. The van der Waals surface area contributed by atoms with Crippen molar-refractivity contribution in [1.82, 2.24) is 0 Å². The van der Waals surface area contributed by atoms with Gasteiger partial charge in [-0.1, -0.05) is 31.5 Å². The second kappa shape index (κ2) is 9.04. The summed E-state index contributed by atoms with van der Waals surface area (Å²) in [6.45, 7) is 4.52. The van der Waals surface area contributed by atoms with Crippen molar-refractivity contribution in [2.45, 2.75) is 31.6 Å². The number of rotatable bonds is 9. The Morgan fingerprint density at radius 1 is 1.21 bits per heavy atom. The number of hydrogen-bond acceptors (Lipinski definition) is 7. The molecule has 0 aliphatic rings. The summed E-state index contributed by atoms with van der Waals surface area (Å²) in [4.78, 5) is 20.2. The van der Waals surface area contributed by atoms with Crippen molar-refractivity contribution >= 4 is 23.4 Å². The molecule has 158 valence electrons. The summed E-state index contributed by atoms with van der Waals surface area (Å²) >= 11 is 0. The number of aryl methyl sites for hydroxylation is 1. The monoisotopic (exact) mass is 443 g/mol. The molecule has 29 heavy (non-hydrogen) atoms. The first kappa shape index (κ1) is 23.0. The van der Waals surface area contributed by atoms with Crippen molar-refractivity contribution in [2.24, 2.45) is 0 Å². The second-order valence-corrected chi connectivity index (χ2v) is 10.2. The standard InChI is InChI=1S/C18H22NO8PS/c1-4-28(22,23)27-18-10-7-15(19(20)21)11-17(18)14(3)12-26-29(24,25)16-8-5-13(2)6-9-16/h5-11,14H,4,12H2,1-3H3,(H,22,23). The molecule has 2 aromatic carbocycles. The first-order valence-electron chi connectivity index (χ1n) is 8.71. The van der Waals surface area contributed by atoms with E-state index in [0.717, 1.165) is 11.6 Å². The van der Waals surface area contributed by atoms with Gasteiger partial charge in [-0.3, -0.25) is 14.3 Å². The Morgan fingerprint density at radius 3 is 2.38 bits per heavy atom. The predicted octanol–water partition coefficient (Wildman–Crippen LogP) is 4.00. The fourth-order valence-electron chi connectivity index (χ4n) is 2.39. The summed E-state index contributed by atoms with van der Waals surface area (Å²) in [6, 6.07) is 9.64. The number of nitro groups is 1. The zero-order chi connectivity index (χ0) is 21.8. The van der Waals surface area contributed by atoms with Crippen LogP contribution in [0.3, 0.4) is 0 Å².